The molecule has 0 aromatic carbocycles. The molecule has 0 aliphatic carbocycles. The van der Waals surface area contributed by atoms with E-state index in [0.29, 0.717) is 12.0 Å². The first-order valence-electron chi connectivity index (χ1n) is 9.64. The number of rotatable bonds is 2. The van der Waals surface area contributed by atoms with Crippen LogP contribution >= 0.6 is 11.3 Å². The molecule has 1 aromatic rings. The van der Waals surface area contributed by atoms with Gasteiger partial charge in [0.15, 0.2) is 0 Å². The van der Waals surface area contributed by atoms with Crippen molar-refractivity contribution in [2.45, 2.75) is 71.4 Å². The summed E-state index contributed by atoms with van der Waals surface area (Å²) in [6, 6.07) is 2.86. The average molecular weight is 365 g/mol. The Morgan fingerprint density at radius 3 is 2.48 bits per heavy atom. The highest BCUT2D eigenvalue weighted by molar-refractivity contribution is 7.14. The van der Waals surface area contributed by atoms with E-state index in [1.165, 1.54) is 36.4 Å². The van der Waals surface area contributed by atoms with Gasteiger partial charge in [0.2, 0.25) is 0 Å². The summed E-state index contributed by atoms with van der Waals surface area (Å²) in [7, 11) is 0. The van der Waals surface area contributed by atoms with Crippen LogP contribution < -0.4 is 4.90 Å². The molecule has 1 unspecified atom stereocenters. The molecule has 1 atom stereocenters. The first kappa shape index (κ1) is 18.6. The van der Waals surface area contributed by atoms with Crippen molar-refractivity contribution in [2.24, 2.45) is 5.92 Å². The van der Waals surface area contributed by atoms with Crippen molar-refractivity contribution in [3.63, 3.8) is 0 Å². The van der Waals surface area contributed by atoms with Crippen LogP contribution in [0.2, 0.25) is 0 Å². The van der Waals surface area contributed by atoms with E-state index in [2.05, 4.69) is 23.3 Å². The summed E-state index contributed by atoms with van der Waals surface area (Å²) < 4.78 is 5.53. The van der Waals surface area contributed by atoms with E-state index in [0.717, 1.165) is 25.9 Å². The number of hydrogen-bond acceptors (Lipinski definition) is 4. The Bertz CT molecular complexity index is 585. The predicted octanol–water partition coefficient (Wildman–Crippen LogP) is 5.06. The van der Waals surface area contributed by atoms with Crippen LogP contribution in [0, 0.1) is 12.8 Å². The lowest BCUT2D eigenvalue weighted by Gasteiger charge is -2.44. The number of hydrogen-bond donors (Lipinski definition) is 0. The highest BCUT2D eigenvalue weighted by Crippen LogP contribution is 2.37. The molecule has 140 valence electrons. The highest BCUT2D eigenvalue weighted by atomic mass is 32.1. The van der Waals surface area contributed by atoms with Crippen LogP contribution in [0.3, 0.4) is 0 Å². The fraction of sp³-hybridized carbons (Fsp3) is 0.750. The topological polar surface area (TPSA) is 32.8 Å². The van der Waals surface area contributed by atoms with Crippen molar-refractivity contribution < 1.29 is 9.53 Å². The molecule has 5 heteroatoms. The summed E-state index contributed by atoms with van der Waals surface area (Å²) in [5, 5.41) is 3.67. The van der Waals surface area contributed by atoms with Crippen LogP contribution in [0.25, 0.3) is 0 Å². The average Bonchev–Trinajstić information content (AvgIpc) is 2.99. The van der Waals surface area contributed by atoms with Crippen molar-refractivity contribution >= 4 is 22.4 Å². The molecular formula is C20H32N2O2S. The van der Waals surface area contributed by atoms with E-state index in [1.807, 2.05) is 37.0 Å². The molecule has 1 amide bonds. The number of aryl methyl sites for hydroxylation is 1. The van der Waals surface area contributed by atoms with E-state index in [1.54, 1.807) is 0 Å². The van der Waals surface area contributed by atoms with Crippen LogP contribution in [0.4, 0.5) is 9.80 Å². The molecule has 2 fully saturated rings. The molecule has 2 aliphatic heterocycles. The van der Waals surface area contributed by atoms with Gasteiger partial charge >= 0.3 is 6.09 Å². The quantitative estimate of drug-likeness (QED) is 0.735. The second kappa shape index (κ2) is 7.56. The number of likely N-dealkylation sites (tertiary alicyclic amines) is 1. The molecule has 3 heterocycles. The molecule has 4 nitrogen and oxygen atoms in total. The second-order valence-corrected chi connectivity index (χ2v) is 9.36. The Balaban J connectivity index is 1.61. The lowest BCUT2D eigenvalue weighted by atomic mass is 9.83. The van der Waals surface area contributed by atoms with Crippen molar-refractivity contribution in [3.05, 3.63) is 17.0 Å². The summed E-state index contributed by atoms with van der Waals surface area (Å²) in [6.45, 7) is 10.9. The molecule has 1 aromatic heterocycles. The monoisotopic (exact) mass is 364 g/mol. The summed E-state index contributed by atoms with van der Waals surface area (Å²) >= 11 is 1.88. The molecule has 0 saturated carbocycles. The van der Waals surface area contributed by atoms with Gasteiger partial charge in [-0.3, -0.25) is 0 Å². The SMILES string of the molecule is Cc1ccsc1N1CCCCC1C1CCN(C(=O)OC(C)(C)C)CC1. The first-order chi connectivity index (χ1) is 11.8. The minimum absolute atomic E-state index is 0.152. The fourth-order valence-corrected chi connectivity index (χ4v) is 5.17. The van der Waals surface area contributed by atoms with Gasteiger partial charge < -0.3 is 14.5 Å². The zero-order valence-corrected chi connectivity index (χ0v) is 16.9. The van der Waals surface area contributed by atoms with Crippen LogP contribution in [-0.4, -0.2) is 42.3 Å². The van der Waals surface area contributed by atoms with Crippen molar-refractivity contribution in [3.8, 4) is 0 Å². The molecule has 3 rings (SSSR count). The Morgan fingerprint density at radius 1 is 1.16 bits per heavy atom. The van der Waals surface area contributed by atoms with Gasteiger partial charge in [-0.05, 0) is 82.7 Å². The normalized spacial score (nSPS) is 23.0. The standard InChI is InChI=1S/C20H32N2O2S/c1-15-10-14-25-18(15)22-11-6-5-7-17(22)16-8-12-21(13-9-16)19(23)24-20(2,3)4/h10,14,16-17H,5-9,11-13H2,1-4H3. The lowest BCUT2D eigenvalue weighted by Crippen LogP contribution is -2.49. The third-order valence-electron chi connectivity index (χ3n) is 5.38. The molecule has 2 saturated heterocycles. The van der Waals surface area contributed by atoms with Gasteiger partial charge in [-0.2, -0.15) is 0 Å². The van der Waals surface area contributed by atoms with Crippen molar-refractivity contribution in [1.82, 2.24) is 4.90 Å². The Kier molecular flexibility index (Phi) is 5.62. The van der Waals surface area contributed by atoms with Gasteiger partial charge in [-0.15, -0.1) is 11.3 Å². The number of carbonyl (C=O) groups excluding carboxylic acids is 1. The molecule has 25 heavy (non-hydrogen) atoms. The Morgan fingerprint density at radius 2 is 1.88 bits per heavy atom. The predicted molar refractivity (Wildman–Crippen MR) is 105 cm³/mol. The van der Waals surface area contributed by atoms with E-state index < -0.39 is 5.60 Å². The number of nitrogens with zero attached hydrogens (tertiary/aromatic N) is 2. The summed E-state index contributed by atoms with van der Waals surface area (Å²) in [6.07, 6.45) is 5.94. The van der Waals surface area contributed by atoms with Crippen molar-refractivity contribution in [1.29, 1.82) is 0 Å². The van der Waals surface area contributed by atoms with Crippen LogP contribution in [0.5, 0.6) is 0 Å². The van der Waals surface area contributed by atoms with Crippen molar-refractivity contribution in [2.75, 3.05) is 24.5 Å². The zero-order chi connectivity index (χ0) is 18.0. The Hall–Kier alpha value is -1.23. The van der Waals surface area contributed by atoms with Gasteiger partial charge in [0.1, 0.15) is 5.60 Å². The summed E-state index contributed by atoms with van der Waals surface area (Å²) in [5.74, 6) is 0.681. The maximum atomic E-state index is 12.3. The number of piperidine rings is 2. The zero-order valence-electron chi connectivity index (χ0n) is 16.1. The largest absolute Gasteiger partial charge is 0.444 e. The molecular weight excluding hydrogens is 332 g/mol. The minimum atomic E-state index is -0.412. The number of carbonyl (C=O) groups is 1. The smallest absolute Gasteiger partial charge is 0.410 e. The second-order valence-electron chi connectivity index (χ2n) is 8.47. The molecule has 2 aliphatic rings. The molecule has 0 spiro atoms. The van der Waals surface area contributed by atoms with E-state index in [-0.39, 0.29) is 6.09 Å². The molecule has 0 radical (unpaired) electrons. The van der Waals surface area contributed by atoms with E-state index in [4.69, 9.17) is 4.74 Å². The third-order valence-corrected chi connectivity index (χ3v) is 6.43. The van der Waals surface area contributed by atoms with Gasteiger partial charge in [0, 0.05) is 25.7 Å². The maximum absolute atomic E-state index is 12.3. The molecule has 0 bridgehead atoms. The van der Waals surface area contributed by atoms with Gasteiger partial charge in [0.25, 0.3) is 0 Å². The van der Waals surface area contributed by atoms with Crippen LogP contribution in [0.15, 0.2) is 11.4 Å². The third kappa shape index (κ3) is 4.49. The minimum Gasteiger partial charge on any atom is -0.444 e. The molecule has 0 N–H and O–H groups in total. The van der Waals surface area contributed by atoms with Crippen LogP contribution in [0.1, 0.15) is 58.4 Å². The number of anilines is 1. The first-order valence-corrected chi connectivity index (χ1v) is 10.5. The highest BCUT2D eigenvalue weighted by Gasteiger charge is 2.35. The number of ether oxygens (including phenoxy) is 1. The maximum Gasteiger partial charge on any atom is 0.410 e. The fourth-order valence-electron chi connectivity index (χ4n) is 4.15. The Labute approximate surface area is 156 Å². The number of thiophene rings is 1. The van der Waals surface area contributed by atoms with Gasteiger partial charge in [-0.25, -0.2) is 4.79 Å². The lowest BCUT2D eigenvalue weighted by molar-refractivity contribution is 0.0170. The van der Waals surface area contributed by atoms with Gasteiger partial charge in [0.05, 0.1) is 5.00 Å². The van der Waals surface area contributed by atoms with E-state index >= 15 is 0 Å². The van der Waals surface area contributed by atoms with E-state index in [9.17, 15) is 4.79 Å². The summed E-state index contributed by atoms with van der Waals surface area (Å²) in [5.41, 5.74) is 0.994. The van der Waals surface area contributed by atoms with Gasteiger partial charge in [-0.1, -0.05) is 0 Å². The summed E-state index contributed by atoms with van der Waals surface area (Å²) in [4.78, 5) is 16.8. The number of amides is 1. The van der Waals surface area contributed by atoms with Crippen LogP contribution in [-0.2, 0) is 4.74 Å².